The molecule has 0 fully saturated rings. The minimum Gasteiger partial charge on any atom is -0.330 e. The second-order valence-corrected chi connectivity index (χ2v) is 4.29. The zero-order valence-corrected chi connectivity index (χ0v) is 9.91. The Hall–Kier alpha value is -1.68. The number of amides is 1. The Kier molecular flexibility index (Phi) is 3.54. The highest BCUT2D eigenvalue weighted by Crippen LogP contribution is 2.27. The third-order valence-electron chi connectivity index (χ3n) is 2.95. The van der Waals surface area contributed by atoms with Crippen LogP contribution in [-0.2, 0) is 4.79 Å². The van der Waals surface area contributed by atoms with Crippen molar-refractivity contribution in [2.45, 2.75) is 25.4 Å². The Morgan fingerprint density at radius 3 is 3.06 bits per heavy atom. The second kappa shape index (κ2) is 5.10. The van der Waals surface area contributed by atoms with Crippen LogP contribution >= 0.6 is 0 Å². The molecule has 0 aromatic carbocycles. The van der Waals surface area contributed by atoms with E-state index in [-0.39, 0.29) is 11.9 Å². The van der Waals surface area contributed by atoms with Crippen LogP contribution in [0, 0.1) is 0 Å². The van der Waals surface area contributed by atoms with Gasteiger partial charge in [0.2, 0.25) is 5.91 Å². The van der Waals surface area contributed by atoms with E-state index in [2.05, 4.69) is 11.1 Å². The van der Waals surface area contributed by atoms with Gasteiger partial charge in [-0.05, 0) is 25.0 Å². The highest BCUT2D eigenvalue weighted by Gasteiger charge is 2.27. The summed E-state index contributed by atoms with van der Waals surface area (Å²) in [4.78, 5) is 18.0. The van der Waals surface area contributed by atoms with Gasteiger partial charge in [0, 0.05) is 18.9 Å². The predicted octanol–water partition coefficient (Wildman–Crippen LogP) is 1.26. The van der Waals surface area contributed by atoms with Crippen LogP contribution in [0.5, 0.6) is 0 Å². The van der Waals surface area contributed by atoms with Gasteiger partial charge in [0.15, 0.2) is 0 Å². The smallest absolute Gasteiger partial charge is 0.240 e. The van der Waals surface area contributed by atoms with Gasteiger partial charge >= 0.3 is 0 Å². The molecule has 1 aliphatic rings. The van der Waals surface area contributed by atoms with Gasteiger partial charge in [-0.25, -0.2) is 0 Å². The third kappa shape index (κ3) is 2.53. The van der Waals surface area contributed by atoms with Crippen molar-refractivity contribution >= 4 is 5.91 Å². The number of carbonyl (C=O) groups is 1. The normalized spacial score (nSPS) is 21.3. The molecule has 0 radical (unpaired) electrons. The van der Waals surface area contributed by atoms with Crippen molar-refractivity contribution in [1.82, 2.24) is 9.88 Å². The number of hydrogen-bond acceptors (Lipinski definition) is 3. The average Bonchev–Trinajstić information content (AvgIpc) is 2.39. The molecule has 1 aromatic rings. The number of nitrogens with zero attached hydrogens (tertiary/aromatic N) is 2. The van der Waals surface area contributed by atoms with Gasteiger partial charge in [-0.15, -0.1) is 0 Å². The third-order valence-corrected chi connectivity index (χ3v) is 2.95. The number of aromatic nitrogens is 1. The quantitative estimate of drug-likeness (QED) is 0.779. The molecule has 17 heavy (non-hydrogen) atoms. The molecule has 2 heterocycles. The molecule has 1 amide bonds. The monoisotopic (exact) mass is 231 g/mol. The number of carbonyl (C=O) groups excluding carboxylic acids is 1. The fraction of sp³-hybridized carbons (Fsp3) is 0.385. The first-order chi connectivity index (χ1) is 8.20. The minimum atomic E-state index is -0.458. The Morgan fingerprint density at radius 1 is 1.59 bits per heavy atom. The summed E-state index contributed by atoms with van der Waals surface area (Å²) in [6.07, 6.45) is 8.48. The maximum Gasteiger partial charge on any atom is 0.240 e. The molecule has 1 aliphatic heterocycles. The van der Waals surface area contributed by atoms with E-state index >= 15 is 0 Å². The Balaban J connectivity index is 2.25. The molecular formula is C13H17N3O. The summed E-state index contributed by atoms with van der Waals surface area (Å²) in [5, 5.41) is 0. The zero-order valence-electron chi connectivity index (χ0n) is 9.91. The second-order valence-electron chi connectivity index (χ2n) is 4.29. The summed E-state index contributed by atoms with van der Waals surface area (Å²) in [5.74, 6) is -0.0109. The van der Waals surface area contributed by atoms with Gasteiger partial charge in [0.1, 0.15) is 0 Å². The average molecular weight is 231 g/mol. The van der Waals surface area contributed by atoms with Gasteiger partial charge in [-0.3, -0.25) is 9.78 Å². The van der Waals surface area contributed by atoms with Crippen LogP contribution in [-0.4, -0.2) is 28.4 Å². The van der Waals surface area contributed by atoms with E-state index in [1.807, 2.05) is 29.3 Å². The van der Waals surface area contributed by atoms with E-state index in [9.17, 15) is 4.79 Å². The van der Waals surface area contributed by atoms with Crippen molar-refractivity contribution in [3.8, 4) is 0 Å². The molecule has 0 saturated carbocycles. The molecule has 4 heteroatoms. The van der Waals surface area contributed by atoms with Crippen molar-refractivity contribution in [1.29, 1.82) is 0 Å². The van der Waals surface area contributed by atoms with Crippen LogP contribution in [0.4, 0.5) is 0 Å². The van der Waals surface area contributed by atoms with Gasteiger partial charge in [0.25, 0.3) is 0 Å². The van der Waals surface area contributed by atoms with E-state index in [1.165, 1.54) is 0 Å². The maximum atomic E-state index is 12.0. The van der Waals surface area contributed by atoms with Gasteiger partial charge in [0.05, 0.1) is 12.1 Å². The molecule has 90 valence electrons. The molecule has 2 atom stereocenters. The van der Waals surface area contributed by atoms with Gasteiger partial charge in [-0.2, -0.15) is 0 Å². The molecule has 0 saturated heterocycles. The lowest BCUT2D eigenvalue weighted by atomic mass is 10.00. The largest absolute Gasteiger partial charge is 0.330 e. The number of hydrogen-bond donors (Lipinski definition) is 1. The number of pyridine rings is 1. The van der Waals surface area contributed by atoms with Crippen molar-refractivity contribution in [3.05, 3.63) is 42.2 Å². The molecule has 0 aliphatic carbocycles. The van der Waals surface area contributed by atoms with E-state index in [1.54, 1.807) is 13.1 Å². The van der Waals surface area contributed by atoms with Crippen molar-refractivity contribution in [2.24, 2.45) is 5.73 Å². The predicted molar refractivity (Wildman–Crippen MR) is 66.1 cm³/mol. The Morgan fingerprint density at radius 2 is 2.41 bits per heavy atom. The van der Waals surface area contributed by atoms with Crippen LogP contribution < -0.4 is 5.73 Å². The molecule has 1 aromatic heterocycles. The van der Waals surface area contributed by atoms with Crippen LogP contribution in [0.2, 0.25) is 0 Å². The van der Waals surface area contributed by atoms with E-state index in [0.29, 0.717) is 6.54 Å². The van der Waals surface area contributed by atoms with E-state index < -0.39 is 6.04 Å². The first-order valence-electron chi connectivity index (χ1n) is 5.81. The Bertz CT molecular complexity index is 414. The highest BCUT2D eigenvalue weighted by molar-refractivity contribution is 5.82. The number of rotatable bonds is 2. The summed E-state index contributed by atoms with van der Waals surface area (Å²) in [7, 11) is 0. The molecular weight excluding hydrogens is 214 g/mol. The minimum absolute atomic E-state index is 0.0109. The van der Waals surface area contributed by atoms with Gasteiger partial charge in [-0.1, -0.05) is 18.2 Å². The summed E-state index contributed by atoms with van der Waals surface area (Å²) in [6.45, 7) is 2.35. The van der Waals surface area contributed by atoms with Crippen LogP contribution in [0.3, 0.4) is 0 Å². The fourth-order valence-electron chi connectivity index (χ4n) is 2.06. The Labute approximate surface area is 101 Å². The molecule has 0 spiro atoms. The lowest BCUT2D eigenvalue weighted by Gasteiger charge is -2.34. The molecule has 2 unspecified atom stereocenters. The van der Waals surface area contributed by atoms with Crippen molar-refractivity contribution in [3.63, 3.8) is 0 Å². The molecule has 2 rings (SSSR count). The van der Waals surface area contributed by atoms with Gasteiger partial charge < -0.3 is 10.6 Å². The fourth-order valence-corrected chi connectivity index (χ4v) is 2.06. The van der Waals surface area contributed by atoms with Crippen LogP contribution in [0.25, 0.3) is 0 Å². The standard InChI is InChI=1S/C13H17N3O/c1-10(14)13(17)16-8-3-2-6-12(16)11-5-4-7-15-9-11/h2-5,7,9-10,12H,6,8,14H2,1H3. The highest BCUT2D eigenvalue weighted by atomic mass is 16.2. The topological polar surface area (TPSA) is 59.2 Å². The summed E-state index contributed by atoms with van der Waals surface area (Å²) >= 11 is 0. The maximum absolute atomic E-state index is 12.0. The van der Waals surface area contributed by atoms with Crippen LogP contribution in [0.1, 0.15) is 24.9 Å². The first kappa shape index (κ1) is 11.8. The van der Waals surface area contributed by atoms with E-state index in [0.717, 1.165) is 12.0 Å². The lowest BCUT2D eigenvalue weighted by Crippen LogP contribution is -2.45. The lowest BCUT2D eigenvalue weighted by molar-refractivity contribution is -0.134. The number of nitrogens with two attached hydrogens (primary N) is 1. The van der Waals surface area contributed by atoms with E-state index in [4.69, 9.17) is 5.73 Å². The summed E-state index contributed by atoms with van der Waals surface area (Å²) in [5.41, 5.74) is 6.74. The SMILES string of the molecule is CC(N)C(=O)N1CC=CCC1c1cccnc1. The molecule has 0 bridgehead atoms. The summed E-state index contributed by atoms with van der Waals surface area (Å²) < 4.78 is 0. The van der Waals surface area contributed by atoms with Crippen LogP contribution in [0.15, 0.2) is 36.7 Å². The summed E-state index contributed by atoms with van der Waals surface area (Å²) in [6, 6.07) is 3.49. The van der Waals surface area contributed by atoms with Crippen molar-refractivity contribution < 1.29 is 4.79 Å². The molecule has 4 nitrogen and oxygen atoms in total. The molecule has 2 N–H and O–H groups in total. The zero-order chi connectivity index (χ0) is 12.3. The van der Waals surface area contributed by atoms with Crippen molar-refractivity contribution in [2.75, 3.05) is 6.54 Å². The first-order valence-corrected chi connectivity index (χ1v) is 5.81.